The summed E-state index contributed by atoms with van der Waals surface area (Å²) in [5.41, 5.74) is 7.66. The topological polar surface area (TPSA) is 46.2 Å². The van der Waals surface area contributed by atoms with E-state index in [2.05, 4.69) is 0 Å². The van der Waals surface area contributed by atoms with Crippen LogP contribution in [-0.4, -0.2) is 18.3 Å². The molecule has 1 atom stereocenters. The lowest BCUT2D eigenvalue weighted by Crippen LogP contribution is -2.41. The molecule has 2 rings (SSSR count). The number of nitrogens with two attached hydrogens (primary N) is 1. The number of hydrogen-bond acceptors (Lipinski definition) is 2. The first-order valence-electron chi connectivity index (χ1n) is 6.84. The van der Waals surface area contributed by atoms with Gasteiger partial charge in [-0.2, -0.15) is 0 Å². The van der Waals surface area contributed by atoms with Crippen LogP contribution in [0, 0.1) is 12.7 Å². The van der Waals surface area contributed by atoms with Crippen molar-refractivity contribution in [3.63, 3.8) is 0 Å². The Kier molecular flexibility index (Phi) is 4.99. The van der Waals surface area contributed by atoms with E-state index >= 15 is 0 Å². The summed E-state index contributed by atoms with van der Waals surface area (Å²) in [6.45, 7) is 2.03. The third-order valence-electron chi connectivity index (χ3n) is 3.97. The monoisotopic (exact) mass is 307 g/mol. The summed E-state index contributed by atoms with van der Waals surface area (Å²) in [5.74, 6) is -0.445. The van der Waals surface area contributed by atoms with E-state index in [0.717, 1.165) is 11.1 Å². The Bertz CT molecular complexity index is 626. The highest BCUT2D eigenvalue weighted by Crippen LogP contribution is 2.32. The van der Waals surface area contributed by atoms with Gasteiger partial charge in [-0.15, -0.1) is 0 Å². The fourth-order valence-corrected chi connectivity index (χ4v) is 2.89. The molecule has 0 heterocycles. The SMILES string of the molecule is Cc1ccccc1C(CN)(CO)Cc1cccc(Cl)c1F. The van der Waals surface area contributed by atoms with Crippen molar-refractivity contribution >= 4 is 11.6 Å². The first-order valence-corrected chi connectivity index (χ1v) is 7.22. The third-order valence-corrected chi connectivity index (χ3v) is 4.26. The standard InChI is InChI=1S/C17H19ClFNO/c1-12-5-2-3-7-14(12)17(10-20,11-21)9-13-6-4-8-15(18)16(13)19/h2-8,21H,9-11,20H2,1H3. The molecule has 0 amide bonds. The molecule has 2 aromatic rings. The summed E-state index contributed by atoms with van der Waals surface area (Å²) in [6.07, 6.45) is 0.303. The van der Waals surface area contributed by atoms with E-state index in [9.17, 15) is 9.50 Å². The second kappa shape index (κ2) is 6.56. The van der Waals surface area contributed by atoms with Gasteiger partial charge in [-0.25, -0.2) is 4.39 Å². The van der Waals surface area contributed by atoms with Crippen LogP contribution in [-0.2, 0) is 11.8 Å². The lowest BCUT2D eigenvalue weighted by Gasteiger charge is -2.33. The zero-order valence-electron chi connectivity index (χ0n) is 11.9. The molecule has 0 aliphatic rings. The molecule has 0 saturated carbocycles. The zero-order valence-corrected chi connectivity index (χ0v) is 12.7. The number of aliphatic hydroxyl groups is 1. The van der Waals surface area contributed by atoms with E-state index in [-0.39, 0.29) is 18.2 Å². The number of aryl methyl sites for hydroxylation is 1. The lowest BCUT2D eigenvalue weighted by atomic mass is 9.74. The van der Waals surface area contributed by atoms with Gasteiger partial charge in [0.15, 0.2) is 0 Å². The predicted molar refractivity (Wildman–Crippen MR) is 84.1 cm³/mol. The van der Waals surface area contributed by atoms with Crippen LogP contribution >= 0.6 is 11.6 Å². The average molecular weight is 308 g/mol. The van der Waals surface area contributed by atoms with Crippen LogP contribution in [0.25, 0.3) is 0 Å². The smallest absolute Gasteiger partial charge is 0.145 e. The lowest BCUT2D eigenvalue weighted by molar-refractivity contribution is 0.194. The minimum atomic E-state index is -0.711. The molecule has 4 heteroatoms. The summed E-state index contributed by atoms with van der Waals surface area (Å²) in [6, 6.07) is 12.6. The van der Waals surface area contributed by atoms with Crippen molar-refractivity contribution in [2.45, 2.75) is 18.8 Å². The fourth-order valence-electron chi connectivity index (χ4n) is 2.70. The Hall–Kier alpha value is -1.42. The molecule has 2 aromatic carbocycles. The van der Waals surface area contributed by atoms with E-state index in [1.54, 1.807) is 12.1 Å². The number of benzene rings is 2. The van der Waals surface area contributed by atoms with Gasteiger partial charge in [0.1, 0.15) is 5.82 Å². The molecular weight excluding hydrogens is 289 g/mol. The third kappa shape index (κ3) is 3.10. The summed E-state index contributed by atoms with van der Waals surface area (Å²) in [4.78, 5) is 0. The Labute approximate surface area is 129 Å². The highest BCUT2D eigenvalue weighted by atomic mass is 35.5. The van der Waals surface area contributed by atoms with Gasteiger partial charge in [-0.05, 0) is 36.1 Å². The van der Waals surface area contributed by atoms with Crippen molar-refractivity contribution in [3.05, 3.63) is 70.0 Å². The van der Waals surface area contributed by atoms with Gasteiger partial charge in [0.25, 0.3) is 0 Å². The Morgan fingerprint density at radius 3 is 2.52 bits per heavy atom. The molecule has 0 spiro atoms. The zero-order chi connectivity index (χ0) is 15.5. The molecule has 0 aromatic heterocycles. The Balaban J connectivity index is 2.49. The maximum atomic E-state index is 14.2. The minimum absolute atomic E-state index is 0.0844. The van der Waals surface area contributed by atoms with Crippen molar-refractivity contribution in [1.29, 1.82) is 0 Å². The van der Waals surface area contributed by atoms with Gasteiger partial charge in [-0.3, -0.25) is 0 Å². The predicted octanol–water partition coefficient (Wildman–Crippen LogP) is 3.22. The molecule has 0 bridgehead atoms. The van der Waals surface area contributed by atoms with Crippen LogP contribution < -0.4 is 5.73 Å². The van der Waals surface area contributed by atoms with E-state index in [1.807, 2.05) is 31.2 Å². The normalized spacial score (nSPS) is 14.0. The minimum Gasteiger partial charge on any atom is -0.395 e. The molecule has 21 heavy (non-hydrogen) atoms. The largest absolute Gasteiger partial charge is 0.395 e. The molecule has 0 fully saturated rings. The first kappa shape index (κ1) is 16.0. The molecular formula is C17H19ClFNO. The maximum Gasteiger partial charge on any atom is 0.145 e. The molecule has 3 N–H and O–H groups in total. The van der Waals surface area contributed by atoms with Crippen LogP contribution in [0.5, 0.6) is 0 Å². The second-order valence-corrected chi connectivity index (χ2v) is 5.75. The first-order chi connectivity index (χ1) is 10.0. The molecule has 2 nitrogen and oxygen atoms in total. The highest BCUT2D eigenvalue weighted by Gasteiger charge is 2.32. The molecule has 0 aliphatic heterocycles. The van der Waals surface area contributed by atoms with Gasteiger partial charge >= 0.3 is 0 Å². The van der Waals surface area contributed by atoms with Crippen LogP contribution in [0.4, 0.5) is 4.39 Å². The second-order valence-electron chi connectivity index (χ2n) is 5.35. The number of aliphatic hydroxyl groups excluding tert-OH is 1. The summed E-state index contributed by atoms with van der Waals surface area (Å²) >= 11 is 5.84. The Morgan fingerprint density at radius 1 is 1.19 bits per heavy atom. The van der Waals surface area contributed by atoms with Crippen LogP contribution in [0.3, 0.4) is 0 Å². The van der Waals surface area contributed by atoms with E-state index < -0.39 is 11.2 Å². The Morgan fingerprint density at radius 2 is 1.90 bits per heavy atom. The molecule has 1 unspecified atom stereocenters. The van der Waals surface area contributed by atoms with Gasteiger partial charge in [0.2, 0.25) is 0 Å². The van der Waals surface area contributed by atoms with Gasteiger partial charge in [0, 0.05) is 12.0 Å². The molecule has 0 radical (unpaired) electrons. The van der Waals surface area contributed by atoms with E-state index in [4.69, 9.17) is 17.3 Å². The quantitative estimate of drug-likeness (QED) is 0.891. The van der Waals surface area contributed by atoms with Crippen molar-refractivity contribution in [3.8, 4) is 0 Å². The van der Waals surface area contributed by atoms with E-state index in [1.165, 1.54) is 6.07 Å². The number of halogens is 2. The molecule has 0 saturated heterocycles. The summed E-state index contributed by atoms with van der Waals surface area (Å²) < 4.78 is 14.2. The van der Waals surface area contributed by atoms with Crippen LogP contribution in [0.2, 0.25) is 5.02 Å². The van der Waals surface area contributed by atoms with E-state index in [0.29, 0.717) is 12.0 Å². The van der Waals surface area contributed by atoms with Crippen molar-refractivity contribution < 1.29 is 9.50 Å². The van der Waals surface area contributed by atoms with Crippen LogP contribution in [0.15, 0.2) is 42.5 Å². The van der Waals surface area contributed by atoms with Gasteiger partial charge < -0.3 is 10.8 Å². The average Bonchev–Trinajstić information content (AvgIpc) is 2.50. The van der Waals surface area contributed by atoms with Crippen molar-refractivity contribution in [2.75, 3.05) is 13.2 Å². The van der Waals surface area contributed by atoms with Crippen molar-refractivity contribution in [1.82, 2.24) is 0 Å². The number of rotatable bonds is 5. The highest BCUT2D eigenvalue weighted by molar-refractivity contribution is 6.30. The summed E-state index contributed by atoms with van der Waals surface area (Å²) in [5, 5.41) is 10.0. The van der Waals surface area contributed by atoms with Gasteiger partial charge in [0.05, 0.1) is 11.6 Å². The van der Waals surface area contributed by atoms with Crippen LogP contribution in [0.1, 0.15) is 16.7 Å². The fraction of sp³-hybridized carbons (Fsp3) is 0.294. The van der Waals surface area contributed by atoms with Gasteiger partial charge in [-0.1, -0.05) is 48.0 Å². The molecule has 0 aliphatic carbocycles. The maximum absolute atomic E-state index is 14.2. The summed E-state index contributed by atoms with van der Waals surface area (Å²) in [7, 11) is 0. The number of hydrogen-bond donors (Lipinski definition) is 2. The van der Waals surface area contributed by atoms with Crippen molar-refractivity contribution in [2.24, 2.45) is 5.73 Å². The molecule has 112 valence electrons.